The summed E-state index contributed by atoms with van der Waals surface area (Å²) < 4.78 is 0. The molecule has 27 heavy (non-hydrogen) atoms. The van der Waals surface area contributed by atoms with Gasteiger partial charge in [0.25, 0.3) is 0 Å². The largest absolute Gasteiger partial charge is 0.342 e. The predicted octanol–water partition coefficient (Wildman–Crippen LogP) is 3.94. The Morgan fingerprint density at radius 2 is 1.81 bits per heavy atom. The molecule has 1 saturated carbocycles. The molecule has 0 spiro atoms. The number of hydrogen-bond acceptors (Lipinski definition) is 2. The summed E-state index contributed by atoms with van der Waals surface area (Å²) in [5.41, 5.74) is 1.17. The van der Waals surface area contributed by atoms with Crippen LogP contribution in [-0.4, -0.2) is 47.8 Å². The second-order valence-electron chi connectivity index (χ2n) is 8.63. The molecule has 2 heterocycles. The molecule has 3 atom stereocenters. The van der Waals surface area contributed by atoms with Gasteiger partial charge in [-0.15, -0.1) is 0 Å². The van der Waals surface area contributed by atoms with Gasteiger partial charge in [-0.2, -0.15) is 0 Å². The summed E-state index contributed by atoms with van der Waals surface area (Å²) in [5, 5.41) is 0.733. The summed E-state index contributed by atoms with van der Waals surface area (Å²) in [6.45, 7) is 5.48. The van der Waals surface area contributed by atoms with Gasteiger partial charge in [0.2, 0.25) is 11.8 Å². The van der Waals surface area contributed by atoms with Gasteiger partial charge in [-0.05, 0) is 61.6 Å². The van der Waals surface area contributed by atoms with E-state index < -0.39 is 0 Å². The fourth-order valence-electron chi connectivity index (χ4n) is 4.80. The van der Waals surface area contributed by atoms with Crippen molar-refractivity contribution in [2.45, 2.75) is 44.9 Å². The van der Waals surface area contributed by atoms with Gasteiger partial charge in [0.1, 0.15) is 0 Å². The molecule has 3 fully saturated rings. The van der Waals surface area contributed by atoms with E-state index in [4.69, 9.17) is 11.6 Å². The van der Waals surface area contributed by atoms with Crippen LogP contribution in [0.15, 0.2) is 24.3 Å². The third-order valence-electron chi connectivity index (χ3n) is 6.51. The molecule has 1 aromatic carbocycles. The Labute approximate surface area is 166 Å². The maximum absolute atomic E-state index is 12.8. The molecular formula is C22H29ClN2O2. The first-order valence-electron chi connectivity index (χ1n) is 10.4. The first-order valence-corrected chi connectivity index (χ1v) is 10.7. The lowest BCUT2D eigenvalue weighted by Gasteiger charge is -2.37. The Kier molecular flexibility index (Phi) is 5.45. The number of halogens is 1. The van der Waals surface area contributed by atoms with Crippen LogP contribution in [0.1, 0.15) is 50.5 Å². The van der Waals surface area contributed by atoms with Crippen LogP contribution in [0.2, 0.25) is 5.02 Å². The minimum atomic E-state index is 0.0960. The molecule has 0 bridgehead atoms. The molecule has 0 aromatic heterocycles. The topological polar surface area (TPSA) is 40.6 Å². The van der Waals surface area contributed by atoms with Gasteiger partial charge in [0.05, 0.1) is 0 Å². The van der Waals surface area contributed by atoms with Crippen molar-refractivity contribution in [1.29, 1.82) is 0 Å². The number of amides is 2. The summed E-state index contributed by atoms with van der Waals surface area (Å²) in [7, 11) is 0. The van der Waals surface area contributed by atoms with Crippen molar-refractivity contribution in [3.05, 3.63) is 34.9 Å². The van der Waals surface area contributed by atoms with Gasteiger partial charge in [-0.25, -0.2) is 0 Å². The second-order valence-corrected chi connectivity index (χ2v) is 9.07. The SMILES string of the molecule is CC1CCCN(C(=O)C2CCN(C(=O)C3CC3c3cccc(Cl)c3)CC2)C1. The van der Waals surface area contributed by atoms with E-state index in [0.717, 1.165) is 56.9 Å². The Balaban J connectivity index is 1.28. The summed E-state index contributed by atoms with van der Waals surface area (Å²) in [4.78, 5) is 29.7. The van der Waals surface area contributed by atoms with Crippen molar-refractivity contribution < 1.29 is 9.59 Å². The van der Waals surface area contributed by atoms with E-state index in [0.29, 0.717) is 17.7 Å². The van der Waals surface area contributed by atoms with E-state index in [2.05, 4.69) is 17.9 Å². The third kappa shape index (κ3) is 4.16. The van der Waals surface area contributed by atoms with E-state index in [-0.39, 0.29) is 17.7 Å². The smallest absolute Gasteiger partial charge is 0.226 e. The molecule has 3 aliphatic rings. The third-order valence-corrected chi connectivity index (χ3v) is 6.74. The average molecular weight is 389 g/mol. The van der Waals surface area contributed by atoms with Crippen LogP contribution in [0.25, 0.3) is 0 Å². The van der Waals surface area contributed by atoms with Crippen molar-refractivity contribution in [2.75, 3.05) is 26.2 Å². The van der Waals surface area contributed by atoms with E-state index in [1.807, 2.05) is 23.1 Å². The number of piperidine rings is 2. The molecule has 2 amide bonds. The molecule has 4 rings (SSSR count). The molecule has 5 heteroatoms. The number of nitrogens with zero attached hydrogens (tertiary/aromatic N) is 2. The van der Waals surface area contributed by atoms with Crippen LogP contribution in [0.3, 0.4) is 0 Å². The fourth-order valence-corrected chi connectivity index (χ4v) is 5.00. The predicted molar refractivity (Wildman–Crippen MR) is 107 cm³/mol. The quantitative estimate of drug-likeness (QED) is 0.786. The van der Waals surface area contributed by atoms with Gasteiger partial charge < -0.3 is 9.80 Å². The highest BCUT2D eigenvalue weighted by molar-refractivity contribution is 6.30. The number of hydrogen-bond donors (Lipinski definition) is 0. The normalized spacial score (nSPS) is 28.9. The summed E-state index contributed by atoms with van der Waals surface area (Å²) in [5.74, 6) is 1.70. The van der Waals surface area contributed by atoms with E-state index in [1.165, 1.54) is 12.0 Å². The molecule has 0 radical (unpaired) electrons. The maximum atomic E-state index is 12.8. The molecule has 1 aromatic rings. The van der Waals surface area contributed by atoms with Crippen molar-refractivity contribution >= 4 is 23.4 Å². The lowest BCUT2D eigenvalue weighted by Crippen LogP contribution is -2.47. The summed E-state index contributed by atoms with van der Waals surface area (Å²) in [6, 6.07) is 7.86. The number of carbonyl (C=O) groups excluding carboxylic acids is 2. The maximum Gasteiger partial charge on any atom is 0.226 e. The summed E-state index contributed by atoms with van der Waals surface area (Å²) in [6.07, 6.45) is 4.89. The van der Waals surface area contributed by atoms with Crippen molar-refractivity contribution in [3.8, 4) is 0 Å². The highest BCUT2D eigenvalue weighted by Crippen LogP contribution is 2.49. The Hall–Kier alpha value is -1.55. The van der Waals surface area contributed by atoms with Crippen molar-refractivity contribution in [2.24, 2.45) is 17.8 Å². The molecule has 146 valence electrons. The lowest BCUT2D eigenvalue weighted by molar-refractivity contribution is -0.142. The minimum Gasteiger partial charge on any atom is -0.342 e. The van der Waals surface area contributed by atoms with Crippen LogP contribution < -0.4 is 0 Å². The zero-order valence-corrected chi connectivity index (χ0v) is 16.8. The van der Waals surface area contributed by atoms with Gasteiger partial charge >= 0.3 is 0 Å². The number of benzene rings is 1. The number of carbonyl (C=O) groups is 2. The fraction of sp³-hybridized carbons (Fsp3) is 0.636. The monoisotopic (exact) mass is 388 g/mol. The second kappa shape index (κ2) is 7.83. The van der Waals surface area contributed by atoms with E-state index in [9.17, 15) is 9.59 Å². The number of rotatable bonds is 3. The molecule has 0 N–H and O–H groups in total. The first kappa shape index (κ1) is 18.8. The highest BCUT2D eigenvalue weighted by Gasteiger charge is 2.46. The molecular weight excluding hydrogens is 360 g/mol. The minimum absolute atomic E-state index is 0.0960. The number of likely N-dealkylation sites (tertiary alicyclic amines) is 2. The molecule has 2 aliphatic heterocycles. The van der Waals surface area contributed by atoms with Crippen LogP contribution in [0.5, 0.6) is 0 Å². The molecule has 3 unspecified atom stereocenters. The van der Waals surface area contributed by atoms with Gasteiger partial charge in [0, 0.05) is 43.0 Å². The van der Waals surface area contributed by atoms with E-state index >= 15 is 0 Å². The molecule has 1 aliphatic carbocycles. The Morgan fingerprint density at radius 1 is 1.04 bits per heavy atom. The Morgan fingerprint density at radius 3 is 2.52 bits per heavy atom. The van der Waals surface area contributed by atoms with Crippen LogP contribution in [-0.2, 0) is 9.59 Å². The van der Waals surface area contributed by atoms with Crippen LogP contribution in [0, 0.1) is 17.8 Å². The van der Waals surface area contributed by atoms with Crippen LogP contribution in [0.4, 0.5) is 0 Å². The Bertz CT molecular complexity index is 714. The zero-order chi connectivity index (χ0) is 19.0. The zero-order valence-electron chi connectivity index (χ0n) is 16.1. The van der Waals surface area contributed by atoms with Crippen molar-refractivity contribution in [1.82, 2.24) is 9.80 Å². The first-order chi connectivity index (χ1) is 13.0. The van der Waals surface area contributed by atoms with Gasteiger partial charge in [-0.1, -0.05) is 30.7 Å². The standard InChI is InChI=1S/C22H29ClN2O2/c1-15-4-3-9-25(14-15)21(26)16-7-10-24(11-8-16)22(27)20-13-19(20)17-5-2-6-18(23)12-17/h2,5-6,12,15-16,19-20H,3-4,7-11,13-14H2,1H3. The lowest BCUT2D eigenvalue weighted by atomic mass is 9.92. The van der Waals surface area contributed by atoms with E-state index in [1.54, 1.807) is 0 Å². The van der Waals surface area contributed by atoms with Gasteiger partial charge in [0.15, 0.2) is 0 Å². The highest BCUT2D eigenvalue weighted by atomic mass is 35.5. The van der Waals surface area contributed by atoms with Crippen LogP contribution >= 0.6 is 11.6 Å². The molecule has 4 nitrogen and oxygen atoms in total. The summed E-state index contributed by atoms with van der Waals surface area (Å²) >= 11 is 6.08. The average Bonchev–Trinajstić information content (AvgIpc) is 3.48. The molecule has 2 saturated heterocycles. The van der Waals surface area contributed by atoms with Gasteiger partial charge in [-0.3, -0.25) is 9.59 Å². The van der Waals surface area contributed by atoms with Crippen molar-refractivity contribution in [3.63, 3.8) is 0 Å².